The number of nitrogens with zero attached hydrogens (tertiary/aromatic N) is 4. The Morgan fingerprint density at radius 1 is 1.25 bits per heavy atom. The van der Waals surface area contributed by atoms with Crippen LogP contribution in [0.1, 0.15) is 55.0 Å². The third kappa shape index (κ3) is 4.92. The molecule has 2 aromatic rings. The topological polar surface area (TPSA) is 80.4 Å². The van der Waals surface area contributed by atoms with Crippen LogP contribution in [-0.2, 0) is 11.0 Å². The first-order chi connectivity index (χ1) is 13.4. The normalized spacial score (nSPS) is 16.0. The van der Waals surface area contributed by atoms with Gasteiger partial charge in [-0.05, 0) is 18.9 Å². The quantitative estimate of drug-likeness (QED) is 0.562. The lowest BCUT2D eigenvalue weighted by Crippen LogP contribution is -2.12. The first kappa shape index (κ1) is 20.4. The molecule has 150 valence electrons. The molecule has 10 heteroatoms. The molecule has 1 aromatic carbocycles. The molecule has 0 unspecified atom stereocenters. The molecule has 0 aliphatic heterocycles. The minimum absolute atomic E-state index is 0.0764. The molecule has 3 rings (SSSR count). The molecule has 0 saturated heterocycles. The van der Waals surface area contributed by atoms with Gasteiger partial charge in [0.15, 0.2) is 5.82 Å². The Hall–Kier alpha value is -2.36. The molecule has 0 atom stereocenters. The average molecular weight is 412 g/mol. The first-order valence-electron chi connectivity index (χ1n) is 8.86. The molecule has 1 aliphatic rings. The molecule has 1 saturated carbocycles. The highest BCUT2D eigenvalue weighted by molar-refractivity contribution is 7.99. The van der Waals surface area contributed by atoms with Gasteiger partial charge in [-0.1, -0.05) is 49.2 Å². The van der Waals surface area contributed by atoms with Crippen molar-refractivity contribution in [3.8, 4) is 0 Å². The first-order valence-corrected chi connectivity index (χ1v) is 9.85. The van der Waals surface area contributed by atoms with E-state index in [1.807, 2.05) is 0 Å². The summed E-state index contributed by atoms with van der Waals surface area (Å²) in [6, 6.07) is 5.15. The Kier molecular flexibility index (Phi) is 6.38. The summed E-state index contributed by atoms with van der Waals surface area (Å²) in [5.41, 5.74) is -0.863. The summed E-state index contributed by atoms with van der Waals surface area (Å²) in [5, 5.41) is 21.6. The van der Waals surface area contributed by atoms with Gasteiger partial charge in [-0.25, -0.2) is 0 Å². The minimum Gasteiger partial charge on any atom is -0.481 e. The van der Waals surface area contributed by atoms with Gasteiger partial charge in [0.1, 0.15) is 0 Å². The van der Waals surface area contributed by atoms with Gasteiger partial charge < -0.3 is 5.11 Å². The number of aromatic nitrogens is 3. The van der Waals surface area contributed by atoms with Crippen molar-refractivity contribution in [1.29, 1.82) is 0 Å². The fourth-order valence-corrected chi connectivity index (χ4v) is 3.82. The lowest BCUT2D eigenvalue weighted by Gasteiger charge is -2.20. The van der Waals surface area contributed by atoms with E-state index in [1.165, 1.54) is 22.9 Å². The van der Waals surface area contributed by atoms with Crippen LogP contribution in [-0.4, -0.2) is 37.9 Å². The van der Waals surface area contributed by atoms with E-state index < -0.39 is 17.7 Å². The Balaban J connectivity index is 1.96. The second-order valence-corrected chi connectivity index (χ2v) is 7.44. The smallest absolute Gasteiger partial charge is 0.417 e. The Morgan fingerprint density at radius 3 is 2.64 bits per heavy atom. The number of alkyl halides is 3. The van der Waals surface area contributed by atoms with E-state index in [0.29, 0.717) is 5.82 Å². The van der Waals surface area contributed by atoms with Crippen LogP contribution in [0.15, 0.2) is 34.5 Å². The average Bonchev–Trinajstić information content (AvgIpc) is 3.07. The van der Waals surface area contributed by atoms with E-state index in [2.05, 4.69) is 15.3 Å². The zero-order chi connectivity index (χ0) is 20.1. The summed E-state index contributed by atoms with van der Waals surface area (Å²) in [6.45, 7) is 0. The van der Waals surface area contributed by atoms with E-state index >= 15 is 0 Å². The van der Waals surface area contributed by atoms with E-state index in [4.69, 9.17) is 5.11 Å². The van der Waals surface area contributed by atoms with Gasteiger partial charge in [0.25, 0.3) is 0 Å². The zero-order valence-electron chi connectivity index (χ0n) is 14.9. The fourth-order valence-electron chi connectivity index (χ4n) is 3.20. The standard InChI is InChI=1S/C18H19F3N4O2S/c19-18(20,21)14-9-5-4-8-13(14)10-22-25-16(12-6-2-1-3-7-12)23-24-17(25)28-11-15(26)27/h4-5,8-10,12H,1-3,6-7,11H2,(H,26,27)/b22-10-. The number of aliphatic carboxylic acids is 1. The van der Waals surface area contributed by atoms with Crippen molar-refractivity contribution in [2.45, 2.75) is 49.4 Å². The van der Waals surface area contributed by atoms with Crippen LogP contribution in [0.25, 0.3) is 0 Å². The van der Waals surface area contributed by atoms with Gasteiger partial charge in [-0.2, -0.15) is 22.9 Å². The highest BCUT2D eigenvalue weighted by Gasteiger charge is 2.32. The molecule has 1 aliphatic carbocycles. The lowest BCUT2D eigenvalue weighted by atomic mass is 9.89. The number of hydrogen-bond acceptors (Lipinski definition) is 5. The highest BCUT2D eigenvalue weighted by atomic mass is 32.2. The molecule has 0 radical (unpaired) electrons. The van der Waals surface area contributed by atoms with Crippen molar-refractivity contribution < 1.29 is 23.1 Å². The number of rotatable bonds is 6. The SMILES string of the molecule is O=C(O)CSc1nnc(C2CCCCC2)n1/N=C\c1ccccc1C(F)(F)F. The maximum atomic E-state index is 13.2. The van der Waals surface area contributed by atoms with Crippen molar-refractivity contribution in [3.63, 3.8) is 0 Å². The van der Waals surface area contributed by atoms with Crippen LogP contribution in [0.4, 0.5) is 13.2 Å². The second kappa shape index (κ2) is 8.76. The Bertz CT molecular complexity index is 861. The van der Waals surface area contributed by atoms with Crippen molar-refractivity contribution in [2.24, 2.45) is 5.10 Å². The maximum absolute atomic E-state index is 13.2. The summed E-state index contributed by atoms with van der Waals surface area (Å²) in [5.74, 6) is -0.591. The van der Waals surface area contributed by atoms with Crippen LogP contribution in [0.5, 0.6) is 0 Å². The molecular formula is C18H19F3N4O2S. The molecule has 0 bridgehead atoms. The third-order valence-corrected chi connectivity index (χ3v) is 5.41. The number of carboxylic acid groups (broad SMARTS) is 1. The van der Waals surface area contributed by atoms with E-state index in [0.717, 1.165) is 56.1 Å². The van der Waals surface area contributed by atoms with Crippen LogP contribution in [0, 0.1) is 0 Å². The molecule has 28 heavy (non-hydrogen) atoms. The molecule has 1 aromatic heterocycles. The van der Waals surface area contributed by atoms with Crippen molar-refractivity contribution in [3.05, 3.63) is 41.2 Å². The molecule has 1 heterocycles. The molecule has 1 N–H and O–H groups in total. The predicted octanol–water partition coefficient (Wildman–Crippen LogP) is 4.40. The number of hydrogen-bond donors (Lipinski definition) is 1. The number of halogens is 3. The Labute approximate surface area is 163 Å². The van der Waals surface area contributed by atoms with Gasteiger partial charge in [0, 0.05) is 11.5 Å². The number of carboxylic acids is 1. The van der Waals surface area contributed by atoms with Gasteiger partial charge >= 0.3 is 12.1 Å². The van der Waals surface area contributed by atoms with Gasteiger partial charge in [0.2, 0.25) is 5.16 Å². The minimum atomic E-state index is -4.50. The fraction of sp³-hybridized carbons (Fsp3) is 0.444. The maximum Gasteiger partial charge on any atom is 0.417 e. The summed E-state index contributed by atoms with van der Waals surface area (Å²) in [6.07, 6.45) is 1.64. The van der Waals surface area contributed by atoms with Crippen molar-refractivity contribution in [1.82, 2.24) is 14.9 Å². The van der Waals surface area contributed by atoms with E-state index in [1.54, 1.807) is 0 Å². The van der Waals surface area contributed by atoms with Crippen molar-refractivity contribution in [2.75, 3.05) is 5.75 Å². The summed E-state index contributed by atoms with van der Waals surface area (Å²) >= 11 is 0.939. The van der Waals surface area contributed by atoms with Gasteiger partial charge in [-0.3, -0.25) is 4.79 Å². The molecule has 1 fully saturated rings. The number of thioether (sulfide) groups is 1. The van der Waals surface area contributed by atoms with Gasteiger partial charge in [0.05, 0.1) is 17.5 Å². The Morgan fingerprint density at radius 2 is 1.96 bits per heavy atom. The van der Waals surface area contributed by atoms with Crippen LogP contribution >= 0.6 is 11.8 Å². The summed E-state index contributed by atoms with van der Waals surface area (Å²) in [7, 11) is 0. The van der Waals surface area contributed by atoms with E-state index in [9.17, 15) is 18.0 Å². The largest absolute Gasteiger partial charge is 0.481 e. The summed E-state index contributed by atoms with van der Waals surface area (Å²) < 4.78 is 41.0. The molecule has 0 amide bonds. The molecule has 0 spiro atoms. The van der Waals surface area contributed by atoms with Crippen LogP contribution in [0.2, 0.25) is 0 Å². The summed E-state index contributed by atoms with van der Waals surface area (Å²) in [4.78, 5) is 10.9. The number of carbonyl (C=O) groups is 1. The number of benzene rings is 1. The zero-order valence-corrected chi connectivity index (χ0v) is 15.7. The molecule has 6 nitrogen and oxygen atoms in total. The lowest BCUT2D eigenvalue weighted by molar-refractivity contribution is -0.137. The second-order valence-electron chi connectivity index (χ2n) is 6.50. The van der Waals surface area contributed by atoms with Crippen molar-refractivity contribution >= 4 is 23.9 Å². The predicted molar refractivity (Wildman–Crippen MR) is 98.6 cm³/mol. The molecular weight excluding hydrogens is 393 g/mol. The van der Waals surface area contributed by atoms with Crippen LogP contribution < -0.4 is 0 Å². The monoisotopic (exact) mass is 412 g/mol. The van der Waals surface area contributed by atoms with E-state index in [-0.39, 0.29) is 22.4 Å². The highest BCUT2D eigenvalue weighted by Crippen LogP contribution is 2.34. The van der Waals surface area contributed by atoms with Gasteiger partial charge in [-0.15, -0.1) is 10.2 Å². The van der Waals surface area contributed by atoms with Crippen LogP contribution in [0.3, 0.4) is 0 Å². The third-order valence-electron chi connectivity index (χ3n) is 4.51.